The van der Waals surface area contributed by atoms with Crippen LogP contribution >= 0.6 is 11.8 Å². The largest absolute Gasteiger partial charge is 0.317 e. The molecule has 0 aliphatic rings. The van der Waals surface area contributed by atoms with E-state index in [1.807, 2.05) is 11.8 Å². The first kappa shape index (κ1) is 12.5. The van der Waals surface area contributed by atoms with E-state index in [0.717, 1.165) is 13.1 Å². The zero-order valence-electron chi connectivity index (χ0n) is 10.3. The van der Waals surface area contributed by atoms with Crippen molar-refractivity contribution in [1.29, 1.82) is 0 Å². The van der Waals surface area contributed by atoms with Crippen LogP contribution in [-0.2, 0) is 0 Å². The summed E-state index contributed by atoms with van der Waals surface area (Å²) < 4.78 is 0. The molecule has 17 heavy (non-hydrogen) atoms. The second kappa shape index (κ2) is 6.67. The second-order valence-corrected chi connectivity index (χ2v) is 5.23. The summed E-state index contributed by atoms with van der Waals surface area (Å²) in [6.45, 7) is 4.34. The Hall–Kier alpha value is -0.990. The molecule has 90 valence electrons. The van der Waals surface area contributed by atoms with Crippen LogP contribution < -0.4 is 5.32 Å². The van der Waals surface area contributed by atoms with Crippen LogP contribution in [0.4, 0.5) is 0 Å². The van der Waals surface area contributed by atoms with Crippen molar-refractivity contribution in [3.63, 3.8) is 0 Å². The predicted molar refractivity (Wildman–Crippen MR) is 77.8 cm³/mol. The van der Waals surface area contributed by atoms with Crippen LogP contribution in [0.5, 0.6) is 0 Å². The van der Waals surface area contributed by atoms with Crippen molar-refractivity contribution in [2.45, 2.75) is 18.2 Å². The number of benzene rings is 2. The van der Waals surface area contributed by atoms with E-state index in [9.17, 15) is 0 Å². The first-order valence-electron chi connectivity index (χ1n) is 6.22. The van der Waals surface area contributed by atoms with E-state index >= 15 is 0 Å². The molecule has 0 heterocycles. The Morgan fingerprint density at radius 2 is 1.88 bits per heavy atom. The van der Waals surface area contributed by atoms with Gasteiger partial charge in [-0.15, -0.1) is 11.8 Å². The number of nitrogens with one attached hydrogen (secondary N) is 1. The number of fused-ring (bicyclic) bond motifs is 1. The van der Waals surface area contributed by atoms with Crippen molar-refractivity contribution < 1.29 is 0 Å². The summed E-state index contributed by atoms with van der Waals surface area (Å²) in [5, 5.41) is 6.01. The first-order chi connectivity index (χ1) is 8.40. The van der Waals surface area contributed by atoms with Crippen molar-refractivity contribution in [1.82, 2.24) is 5.32 Å². The quantitative estimate of drug-likeness (QED) is 0.611. The van der Waals surface area contributed by atoms with Crippen LogP contribution in [0, 0.1) is 0 Å². The van der Waals surface area contributed by atoms with Gasteiger partial charge in [0.15, 0.2) is 0 Å². The summed E-state index contributed by atoms with van der Waals surface area (Å²) in [6, 6.07) is 15.2. The highest BCUT2D eigenvalue weighted by Crippen LogP contribution is 2.23. The number of hydrogen-bond donors (Lipinski definition) is 1. The minimum atomic E-state index is 1.07. The molecule has 0 amide bonds. The predicted octanol–water partition coefficient (Wildman–Crippen LogP) is 3.93. The van der Waals surface area contributed by atoms with E-state index in [-0.39, 0.29) is 0 Å². The maximum absolute atomic E-state index is 3.35. The molecule has 0 aliphatic carbocycles. The molecule has 1 nitrogen and oxygen atoms in total. The Bertz CT molecular complexity index is 467. The van der Waals surface area contributed by atoms with Gasteiger partial charge in [-0.2, -0.15) is 0 Å². The molecule has 2 aromatic carbocycles. The van der Waals surface area contributed by atoms with Crippen LogP contribution in [0.2, 0.25) is 0 Å². The highest BCUT2D eigenvalue weighted by Gasteiger charge is 1.96. The van der Waals surface area contributed by atoms with Gasteiger partial charge in [0.05, 0.1) is 0 Å². The van der Waals surface area contributed by atoms with E-state index in [0.29, 0.717) is 0 Å². The normalized spacial score (nSPS) is 10.9. The minimum Gasteiger partial charge on any atom is -0.317 e. The highest BCUT2D eigenvalue weighted by molar-refractivity contribution is 7.99. The molecule has 2 heteroatoms. The molecular weight excluding hydrogens is 226 g/mol. The van der Waals surface area contributed by atoms with Gasteiger partial charge in [-0.25, -0.2) is 0 Å². The summed E-state index contributed by atoms with van der Waals surface area (Å²) in [4.78, 5) is 1.38. The van der Waals surface area contributed by atoms with Crippen LogP contribution in [0.1, 0.15) is 13.3 Å². The number of thioether (sulfide) groups is 1. The van der Waals surface area contributed by atoms with Gasteiger partial charge in [0.25, 0.3) is 0 Å². The van der Waals surface area contributed by atoms with Crippen molar-refractivity contribution >= 4 is 22.5 Å². The lowest BCUT2D eigenvalue weighted by Gasteiger charge is -2.04. The van der Waals surface area contributed by atoms with E-state index < -0.39 is 0 Å². The molecular formula is C15H19NS. The fourth-order valence-electron chi connectivity index (χ4n) is 1.82. The molecule has 0 fully saturated rings. The molecule has 0 aromatic heterocycles. The Kier molecular flexibility index (Phi) is 4.89. The summed E-state index contributed by atoms with van der Waals surface area (Å²) in [6.07, 6.45) is 1.23. The Balaban J connectivity index is 1.90. The van der Waals surface area contributed by atoms with Gasteiger partial charge in [-0.05, 0) is 48.2 Å². The third-order valence-corrected chi connectivity index (χ3v) is 3.82. The van der Waals surface area contributed by atoms with Crippen molar-refractivity contribution in [2.24, 2.45) is 0 Å². The number of rotatable bonds is 6. The van der Waals surface area contributed by atoms with Crippen LogP contribution in [0.25, 0.3) is 10.8 Å². The molecule has 0 spiro atoms. The van der Waals surface area contributed by atoms with Crippen LogP contribution in [-0.4, -0.2) is 18.8 Å². The van der Waals surface area contributed by atoms with E-state index in [4.69, 9.17) is 0 Å². The van der Waals surface area contributed by atoms with Crippen molar-refractivity contribution in [3.8, 4) is 0 Å². The van der Waals surface area contributed by atoms with Gasteiger partial charge < -0.3 is 5.32 Å². The summed E-state index contributed by atoms with van der Waals surface area (Å²) >= 11 is 1.95. The molecule has 0 radical (unpaired) electrons. The van der Waals surface area contributed by atoms with E-state index in [1.54, 1.807) is 0 Å². The average molecular weight is 245 g/mol. The molecule has 0 atom stereocenters. The standard InChI is InChI=1S/C15H19NS/c1-2-16-10-5-11-17-15-9-8-13-6-3-4-7-14(13)12-15/h3-4,6-9,12,16H,2,5,10-11H2,1H3. The van der Waals surface area contributed by atoms with E-state index in [1.165, 1.54) is 27.8 Å². The van der Waals surface area contributed by atoms with Crippen LogP contribution in [0.15, 0.2) is 47.4 Å². The SMILES string of the molecule is CCNCCCSc1ccc2ccccc2c1. The molecule has 0 unspecified atom stereocenters. The fourth-order valence-corrected chi connectivity index (χ4v) is 2.72. The molecule has 2 aromatic rings. The Morgan fingerprint density at radius 1 is 1.06 bits per heavy atom. The van der Waals surface area contributed by atoms with Crippen molar-refractivity contribution in [3.05, 3.63) is 42.5 Å². The molecule has 1 N–H and O–H groups in total. The maximum atomic E-state index is 3.35. The highest BCUT2D eigenvalue weighted by atomic mass is 32.2. The zero-order chi connectivity index (χ0) is 11.9. The lowest BCUT2D eigenvalue weighted by atomic mass is 10.1. The maximum Gasteiger partial charge on any atom is 0.00783 e. The van der Waals surface area contributed by atoms with Gasteiger partial charge in [0.1, 0.15) is 0 Å². The average Bonchev–Trinajstić information content (AvgIpc) is 2.38. The van der Waals surface area contributed by atoms with Crippen molar-refractivity contribution in [2.75, 3.05) is 18.8 Å². The third kappa shape index (κ3) is 3.76. The van der Waals surface area contributed by atoms with Gasteiger partial charge in [-0.3, -0.25) is 0 Å². The zero-order valence-corrected chi connectivity index (χ0v) is 11.1. The first-order valence-corrected chi connectivity index (χ1v) is 7.21. The molecule has 0 saturated heterocycles. The summed E-state index contributed by atoms with van der Waals surface area (Å²) in [5.41, 5.74) is 0. The lowest BCUT2D eigenvalue weighted by Crippen LogP contribution is -2.14. The lowest BCUT2D eigenvalue weighted by molar-refractivity contribution is 0.707. The molecule has 0 saturated carbocycles. The van der Waals surface area contributed by atoms with Gasteiger partial charge in [0, 0.05) is 4.90 Å². The molecule has 0 aliphatic heterocycles. The molecule has 0 bridgehead atoms. The van der Waals surface area contributed by atoms with Gasteiger partial charge in [0.2, 0.25) is 0 Å². The fraction of sp³-hybridized carbons (Fsp3) is 0.333. The number of hydrogen-bond acceptors (Lipinski definition) is 2. The summed E-state index contributed by atoms with van der Waals surface area (Å²) in [7, 11) is 0. The third-order valence-electron chi connectivity index (χ3n) is 2.74. The topological polar surface area (TPSA) is 12.0 Å². The van der Waals surface area contributed by atoms with Gasteiger partial charge >= 0.3 is 0 Å². The smallest absolute Gasteiger partial charge is 0.00783 e. The monoisotopic (exact) mass is 245 g/mol. The van der Waals surface area contributed by atoms with E-state index in [2.05, 4.69) is 54.7 Å². The van der Waals surface area contributed by atoms with Crippen LogP contribution in [0.3, 0.4) is 0 Å². The Morgan fingerprint density at radius 3 is 2.71 bits per heavy atom. The molecule has 2 rings (SSSR count). The van der Waals surface area contributed by atoms with Gasteiger partial charge in [-0.1, -0.05) is 37.3 Å². The minimum absolute atomic E-state index is 1.07. The summed E-state index contributed by atoms with van der Waals surface area (Å²) in [5.74, 6) is 1.19. The second-order valence-electron chi connectivity index (χ2n) is 4.06. The Labute approximate surface area is 108 Å².